The largest absolute Gasteiger partial charge is 0.319 e. The van der Waals surface area contributed by atoms with Gasteiger partial charge in [0.1, 0.15) is 17.6 Å². The van der Waals surface area contributed by atoms with Crippen LogP contribution in [0.3, 0.4) is 0 Å². The fourth-order valence-corrected chi connectivity index (χ4v) is 1.83. The molecule has 3 nitrogen and oxygen atoms in total. The summed E-state index contributed by atoms with van der Waals surface area (Å²) in [5.41, 5.74) is 3.64. The maximum Gasteiger partial charge on any atom is 0.143 e. The monoisotopic (exact) mass is 211 g/mol. The van der Waals surface area contributed by atoms with E-state index in [1.54, 1.807) is 0 Å². The standard InChI is InChI=1S/C13H13N3/c1-9-5-4-6-11(7-9)13-15-10(2)12(8-14)16(13)3/h4-7H,1-3H3. The van der Waals surface area contributed by atoms with Crippen molar-refractivity contribution in [3.05, 3.63) is 41.2 Å². The smallest absolute Gasteiger partial charge is 0.143 e. The molecule has 0 saturated heterocycles. The lowest BCUT2D eigenvalue weighted by molar-refractivity contribution is 0.906. The fraction of sp³-hybridized carbons (Fsp3) is 0.231. The first-order valence-corrected chi connectivity index (χ1v) is 5.14. The summed E-state index contributed by atoms with van der Waals surface area (Å²) in [5, 5.41) is 9.00. The third-order valence-corrected chi connectivity index (χ3v) is 2.65. The maximum absolute atomic E-state index is 9.00. The minimum absolute atomic E-state index is 0.622. The van der Waals surface area contributed by atoms with Gasteiger partial charge in [-0.25, -0.2) is 4.98 Å². The van der Waals surface area contributed by atoms with E-state index in [1.807, 2.05) is 43.7 Å². The molecule has 0 saturated carbocycles. The van der Waals surface area contributed by atoms with Crippen LogP contribution in [0.4, 0.5) is 0 Å². The van der Waals surface area contributed by atoms with Crippen molar-refractivity contribution in [2.24, 2.45) is 7.05 Å². The van der Waals surface area contributed by atoms with E-state index in [-0.39, 0.29) is 0 Å². The first-order valence-electron chi connectivity index (χ1n) is 5.14. The topological polar surface area (TPSA) is 41.6 Å². The van der Waals surface area contributed by atoms with Gasteiger partial charge in [0.25, 0.3) is 0 Å². The lowest BCUT2D eigenvalue weighted by Crippen LogP contribution is -1.95. The molecule has 0 aliphatic rings. The van der Waals surface area contributed by atoms with Gasteiger partial charge in [-0.05, 0) is 19.9 Å². The summed E-state index contributed by atoms with van der Waals surface area (Å²) in [7, 11) is 1.87. The molecule has 0 atom stereocenters. The van der Waals surface area contributed by atoms with Crippen LogP contribution in [0.25, 0.3) is 11.4 Å². The number of aryl methyl sites for hydroxylation is 2. The molecule has 16 heavy (non-hydrogen) atoms. The quantitative estimate of drug-likeness (QED) is 0.727. The van der Waals surface area contributed by atoms with Crippen molar-refractivity contribution < 1.29 is 0 Å². The zero-order valence-corrected chi connectivity index (χ0v) is 9.65. The number of imidazole rings is 1. The second kappa shape index (κ2) is 3.82. The van der Waals surface area contributed by atoms with Gasteiger partial charge in [0.05, 0.1) is 5.69 Å². The SMILES string of the molecule is Cc1cccc(-c2nc(C)c(C#N)n2C)c1. The summed E-state index contributed by atoms with van der Waals surface area (Å²) in [6.07, 6.45) is 0. The lowest BCUT2D eigenvalue weighted by Gasteiger charge is -2.02. The zero-order chi connectivity index (χ0) is 11.7. The van der Waals surface area contributed by atoms with Crippen molar-refractivity contribution in [2.75, 3.05) is 0 Å². The number of benzene rings is 1. The van der Waals surface area contributed by atoms with Crippen molar-refractivity contribution in [1.82, 2.24) is 9.55 Å². The normalized spacial score (nSPS) is 10.1. The van der Waals surface area contributed by atoms with Crippen molar-refractivity contribution >= 4 is 0 Å². The Balaban J connectivity index is 2.62. The van der Waals surface area contributed by atoms with Crippen LogP contribution in [0, 0.1) is 25.2 Å². The Labute approximate surface area is 95.0 Å². The summed E-state index contributed by atoms with van der Waals surface area (Å²) in [5.74, 6) is 0.845. The molecule has 0 spiro atoms. The van der Waals surface area contributed by atoms with E-state index >= 15 is 0 Å². The molecule has 0 N–H and O–H groups in total. The van der Waals surface area contributed by atoms with E-state index in [0.717, 1.165) is 17.1 Å². The molecule has 0 fully saturated rings. The Morgan fingerprint density at radius 1 is 1.31 bits per heavy atom. The van der Waals surface area contributed by atoms with Crippen LogP contribution >= 0.6 is 0 Å². The molecule has 0 amide bonds. The highest BCUT2D eigenvalue weighted by Crippen LogP contribution is 2.21. The summed E-state index contributed by atoms with van der Waals surface area (Å²) in [6, 6.07) is 10.3. The Morgan fingerprint density at radius 3 is 2.62 bits per heavy atom. The molecule has 1 heterocycles. The van der Waals surface area contributed by atoms with Gasteiger partial charge in [-0.2, -0.15) is 5.26 Å². The summed E-state index contributed by atoms with van der Waals surface area (Å²) < 4.78 is 1.84. The third-order valence-electron chi connectivity index (χ3n) is 2.65. The molecular weight excluding hydrogens is 198 g/mol. The second-order valence-electron chi connectivity index (χ2n) is 3.91. The Morgan fingerprint density at radius 2 is 2.06 bits per heavy atom. The van der Waals surface area contributed by atoms with Gasteiger partial charge in [-0.3, -0.25) is 0 Å². The van der Waals surface area contributed by atoms with Gasteiger partial charge < -0.3 is 4.57 Å². The van der Waals surface area contributed by atoms with E-state index in [1.165, 1.54) is 5.56 Å². The Kier molecular flexibility index (Phi) is 2.49. The van der Waals surface area contributed by atoms with E-state index < -0.39 is 0 Å². The molecule has 1 aromatic heterocycles. The van der Waals surface area contributed by atoms with Crippen LogP contribution < -0.4 is 0 Å². The number of nitrogens with zero attached hydrogens (tertiary/aromatic N) is 3. The van der Waals surface area contributed by atoms with Gasteiger partial charge in [-0.1, -0.05) is 23.8 Å². The van der Waals surface area contributed by atoms with E-state index in [0.29, 0.717) is 5.69 Å². The highest BCUT2D eigenvalue weighted by molar-refractivity contribution is 5.58. The molecule has 0 bridgehead atoms. The zero-order valence-electron chi connectivity index (χ0n) is 9.65. The van der Waals surface area contributed by atoms with Crippen molar-refractivity contribution in [3.63, 3.8) is 0 Å². The van der Waals surface area contributed by atoms with Crippen LogP contribution in [-0.2, 0) is 7.05 Å². The molecular formula is C13H13N3. The van der Waals surface area contributed by atoms with Crippen molar-refractivity contribution in [3.8, 4) is 17.5 Å². The molecule has 2 aromatic rings. The number of rotatable bonds is 1. The van der Waals surface area contributed by atoms with E-state index in [4.69, 9.17) is 5.26 Å². The highest BCUT2D eigenvalue weighted by atomic mass is 15.1. The minimum Gasteiger partial charge on any atom is -0.319 e. The average molecular weight is 211 g/mol. The van der Waals surface area contributed by atoms with Crippen molar-refractivity contribution in [1.29, 1.82) is 5.26 Å². The maximum atomic E-state index is 9.00. The molecule has 0 aliphatic carbocycles. The number of nitriles is 1. The van der Waals surface area contributed by atoms with Gasteiger partial charge in [0.2, 0.25) is 0 Å². The van der Waals surface area contributed by atoms with Gasteiger partial charge in [0, 0.05) is 12.6 Å². The highest BCUT2D eigenvalue weighted by Gasteiger charge is 2.12. The van der Waals surface area contributed by atoms with E-state index in [9.17, 15) is 0 Å². The van der Waals surface area contributed by atoms with E-state index in [2.05, 4.69) is 17.1 Å². The Hall–Kier alpha value is -2.08. The molecule has 2 rings (SSSR count). The van der Waals surface area contributed by atoms with Crippen LogP contribution in [0.5, 0.6) is 0 Å². The first kappa shape index (κ1) is 10.4. The molecule has 80 valence electrons. The molecule has 0 radical (unpaired) electrons. The van der Waals surface area contributed by atoms with Crippen LogP contribution in [0.2, 0.25) is 0 Å². The first-order chi connectivity index (χ1) is 7.63. The van der Waals surface area contributed by atoms with Crippen LogP contribution in [0.1, 0.15) is 17.0 Å². The van der Waals surface area contributed by atoms with Crippen molar-refractivity contribution in [2.45, 2.75) is 13.8 Å². The summed E-state index contributed by atoms with van der Waals surface area (Å²) >= 11 is 0. The van der Waals surface area contributed by atoms with Crippen LogP contribution in [0.15, 0.2) is 24.3 Å². The van der Waals surface area contributed by atoms with Gasteiger partial charge >= 0.3 is 0 Å². The minimum atomic E-state index is 0.622. The summed E-state index contributed by atoms with van der Waals surface area (Å²) in [4.78, 5) is 4.43. The predicted octanol–water partition coefficient (Wildman–Crippen LogP) is 2.58. The van der Waals surface area contributed by atoms with Crippen LogP contribution in [-0.4, -0.2) is 9.55 Å². The third kappa shape index (κ3) is 1.59. The average Bonchev–Trinajstić information content (AvgIpc) is 2.54. The molecule has 3 heteroatoms. The number of aromatic nitrogens is 2. The van der Waals surface area contributed by atoms with Gasteiger partial charge in [0.15, 0.2) is 0 Å². The second-order valence-corrected chi connectivity index (χ2v) is 3.91. The fourth-order valence-electron chi connectivity index (χ4n) is 1.83. The predicted molar refractivity (Wildman–Crippen MR) is 62.8 cm³/mol. The molecule has 0 unspecified atom stereocenters. The summed E-state index contributed by atoms with van der Waals surface area (Å²) in [6.45, 7) is 3.91. The number of hydrogen-bond donors (Lipinski definition) is 0. The Bertz CT molecular complexity index is 573. The molecule has 0 aliphatic heterocycles. The molecule has 1 aromatic carbocycles. The van der Waals surface area contributed by atoms with Gasteiger partial charge in [-0.15, -0.1) is 0 Å². The number of hydrogen-bond acceptors (Lipinski definition) is 2. The lowest BCUT2D eigenvalue weighted by atomic mass is 10.1.